The quantitative estimate of drug-likeness (QED) is 0.685. The highest BCUT2D eigenvalue weighted by atomic mass is 16.5. The number of rotatable bonds is 5. The molecule has 1 N–H and O–H groups in total. The highest BCUT2D eigenvalue weighted by Gasteiger charge is 2.17. The maximum absolute atomic E-state index is 12.8. The van der Waals surface area contributed by atoms with Crippen molar-refractivity contribution in [3.63, 3.8) is 0 Å². The van der Waals surface area contributed by atoms with E-state index >= 15 is 0 Å². The zero-order valence-electron chi connectivity index (χ0n) is 15.8. The lowest BCUT2D eigenvalue weighted by Crippen LogP contribution is -2.27. The molecule has 3 aromatic rings. The highest BCUT2D eigenvalue weighted by Crippen LogP contribution is 2.18. The van der Waals surface area contributed by atoms with E-state index in [1.807, 2.05) is 30.3 Å². The number of ether oxygens (including phenoxy) is 1. The van der Waals surface area contributed by atoms with Crippen LogP contribution in [-0.2, 0) is 4.74 Å². The molecular formula is C21H20N4O3. The highest BCUT2D eigenvalue weighted by molar-refractivity contribution is 6.04. The standard InChI is InChI=1S/C21H20N4O3/c1-14-12-18(19(26)25(2)17-10-5-4-6-11-17)24-21(22-14)23-16-9-7-8-15(13-16)20(27)28-3/h4-13H,1-3H3,(H,22,23,24). The van der Waals surface area contributed by atoms with Crippen LogP contribution in [0.2, 0.25) is 0 Å². The number of esters is 1. The lowest BCUT2D eigenvalue weighted by Gasteiger charge is -2.17. The van der Waals surface area contributed by atoms with Crippen molar-refractivity contribution in [1.82, 2.24) is 9.97 Å². The average Bonchev–Trinajstić information content (AvgIpc) is 2.72. The molecule has 28 heavy (non-hydrogen) atoms. The molecular weight excluding hydrogens is 356 g/mol. The van der Waals surface area contributed by atoms with Gasteiger partial charge < -0.3 is 15.0 Å². The smallest absolute Gasteiger partial charge is 0.337 e. The van der Waals surface area contributed by atoms with Gasteiger partial charge in [-0.3, -0.25) is 4.79 Å². The maximum Gasteiger partial charge on any atom is 0.337 e. The second-order valence-electron chi connectivity index (χ2n) is 6.12. The first-order valence-electron chi connectivity index (χ1n) is 8.62. The summed E-state index contributed by atoms with van der Waals surface area (Å²) in [6, 6.07) is 17.7. The predicted octanol–water partition coefficient (Wildman–Crippen LogP) is 3.59. The Labute approximate surface area is 163 Å². The molecule has 0 atom stereocenters. The molecule has 0 bridgehead atoms. The summed E-state index contributed by atoms with van der Waals surface area (Å²) >= 11 is 0. The number of benzene rings is 2. The first-order chi connectivity index (χ1) is 13.5. The Morgan fingerprint density at radius 1 is 1.00 bits per heavy atom. The SMILES string of the molecule is COC(=O)c1cccc(Nc2nc(C)cc(C(=O)N(C)c3ccccc3)n2)c1. The second kappa shape index (κ2) is 8.30. The number of para-hydroxylation sites is 1. The first-order valence-corrected chi connectivity index (χ1v) is 8.62. The molecule has 1 amide bonds. The molecule has 0 radical (unpaired) electrons. The lowest BCUT2D eigenvalue weighted by atomic mass is 10.2. The summed E-state index contributed by atoms with van der Waals surface area (Å²) in [5.74, 6) is -0.413. The van der Waals surface area contributed by atoms with Crippen LogP contribution in [0.5, 0.6) is 0 Å². The van der Waals surface area contributed by atoms with Gasteiger partial charge in [-0.15, -0.1) is 0 Å². The summed E-state index contributed by atoms with van der Waals surface area (Å²) in [5.41, 5.74) is 2.70. The summed E-state index contributed by atoms with van der Waals surface area (Å²) < 4.78 is 4.73. The molecule has 0 aliphatic rings. The summed E-state index contributed by atoms with van der Waals surface area (Å²) in [5, 5.41) is 3.04. The maximum atomic E-state index is 12.8. The van der Waals surface area contributed by atoms with Crippen LogP contribution in [0.15, 0.2) is 60.7 Å². The van der Waals surface area contributed by atoms with Crippen molar-refractivity contribution in [3.8, 4) is 0 Å². The van der Waals surface area contributed by atoms with Crippen LogP contribution in [0.4, 0.5) is 17.3 Å². The van der Waals surface area contributed by atoms with Crippen molar-refractivity contribution < 1.29 is 14.3 Å². The van der Waals surface area contributed by atoms with Crippen LogP contribution in [-0.4, -0.2) is 36.0 Å². The molecule has 0 fully saturated rings. The van der Waals surface area contributed by atoms with Gasteiger partial charge in [-0.2, -0.15) is 0 Å². The van der Waals surface area contributed by atoms with Gasteiger partial charge in [-0.05, 0) is 43.3 Å². The topological polar surface area (TPSA) is 84.4 Å². The number of nitrogens with zero attached hydrogens (tertiary/aromatic N) is 3. The molecule has 142 valence electrons. The average molecular weight is 376 g/mol. The molecule has 3 rings (SSSR count). The Kier molecular flexibility index (Phi) is 5.64. The third kappa shape index (κ3) is 4.32. The third-order valence-corrected chi connectivity index (χ3v) is 4.06. The Morgan fingerprint density at radius 2 is 1.75 bits per heavy atom. The molecule has 0 unspecified atom stereocenters. The Bertz CT molecular complexity index is 1010. The number of aromatic nitrogens is 2. The molecule has 0 spiro atoms. The van der Waals surface area contributed by atoms with Crippen LogP contribution < -0.4 is 10.2 Å². The van der Waals surface area contributed by atoms with Gasteiger partial charge in [0.25, 0.3) is 5.91 Å². The van der Waals surface area contributed by atoms with E-state index in [0.29, 0.717) is 16.9 Å². The molecule has 2 aromatic carbocycles. The second-order valence-corrected chi connectivity index (χ2v) is 6.12. The zero-order chi connectivity index (χ0) is 20.1. The van der Waals surface area contributed by atoms with Crippen molar-refractivity contribution in [2.24, 2.45) is 0 Å². The Hall–Kier alpha value is -3.74. The number of methoxy groups -OCH3 is 1. The molecule has 1 heterocycles. The van der Waals surface area contributed by atoms with Gasteiger partial charge >= 0.3 is 5.97 Å². The molecule has 0 aliphatic carbocycles. The van der Waals surface area contributed by atoms with E-state index in [1.54, 1.807) is 44.3 Å². The summed E-state index contributed by atoms with van der Waals surface area (Å²) in [4.78, 5) is 34.7. The Balaban J connectivity index is 1.86. The van der Waals surface area contributed by atoms with Crippen LogP contribution in [0.25, 0.3) is 0 Å². The molecule has 7 nitrogen and oxygen atoms in total. The van der Waals surface area contributed by atoms with Crippen molar-refractivity contribution in [3.05, 3.63) is 77.6 Å². The van der Waals surface area contributed by atoms with E-state index in [-0.39, 0.29) is 17.5 Å². The van der Waals surface area contributed by atoms with Gasteiger partial charge in [0.1, 0.15) is 5.69 Å². The van der Waals surface area contributed by atoms with E-state index in [1.165, 1.54) is 12.0 Å². The third-order valence-electron chi connectivity index (χ3n) is 4.06. The van der Waals surface area contributed by atoms with E-state index in [4.69, 9.17) is 4.74 Å². The van der Waals surface area contributed by atoms with Gasteiger partial charge in [-0.25, -0.2) is 14.8 Å². The van der Waals surface area contributed by atoms with E-state index in [0.717, 1.165) is 5.69 Å². The minimum Gasteiger partial charge on any atom is -0.465 e. The Morgan fingerprint density at radius 3 is 2.46 bits per heavy atom. The number of hydrogen-bond acceptors (Lipinski definition) is 6. The molecule has 1 aromatic heterocycles. The monoisotopic (exact) mass is 376 g/mol. The molecule has 7 heteroatoms. The van der Waals surface area contributed by atoms with Crippen LogP contribution >= 0.6 is 0 Å². The van der Waals surface area contributed by atoms with Crippen molar-refractivity contribution in [2.45, 2.75) is 6.92 Å². The van der Waals surface area contributed by atoms with E-state index < -0.39 is 5.97 Å². The molecule has 0 saturated carbocycles. The number of carbonyl (C=O) groups is 2. The largest absolute Gasteiger partial charge is 0.465 e. The van der Waals surface area contributed by atoms with Crippen molar-refractivity contribution >= 4 is 29.2 Å². The predicted molar refractivity (Wildman–Crippen MR) is 107 cm³/mol. The first kappa shape index (κ1) is 19.0. The fourth-order valence-electron chi connectivity index (χ4n) is 2.65. The van der Waals surface area contributed by atoms with Crippen LogP contribution in [0, 0.1) is 6.92 Å². The molecule has 0 aliphatic heterocycles. The van der Waals surface area contributed by atoms with Gasteiger partial charge in [0.15, 0.2) is 0 Å². The van der Waals surface area contributed by atoms with Gasteiger partial charge in [0.2, 0.25) is 5.95 Å². The fourth-order valence-corrected chi connectivity index (χ4v) is 2.65. The number of hydrogen-bond donors (Lipinski definition) is 1. The number of carbonyl (C=O) groups excluding carboxylic acids is 2. The minimum absolute atomic E-state index is 0.247. The number of anilines is 3. The fraction of sp³-hybridized carbons (Fsp3) is 0.143. The number of aryl methyl sites for hydroxylation is 1. The van der Waals surface area contributed by atoms with Gasteiger partial charge in [0.05, 0.1) is 12.7 Å². The normalized spacial score (nSPS) is 10.2. The number of amides is 1. The zero-order valence-corrected chi connectivity index (χ0v) is 15.8. The van der Waals surface area contributed by atoms with Crippen molar-refractivity contribution in [2.75, 3.05) is 24.4 Å². The van der Waals surface area contributed by atoms with Crippen LogP contribution in [0.3, 0.4) is 0 Å². The minimum atomic E-state index is -0.436. The number of nitrogens with one attached hydrogen (secondary N) is 1. The van der Waals surface area contributed by atoms with Gasteiger partial charge in [-0.1, -0.05) is 24.3 Å². The van der Waals surface area contributed by atoms with E-state index in [2.05, 4.69) is 15.3 Å². The summed E-state index contributed by atoms with van der Waals surface area (Å²) in [6.07, 6.45) is 0. The van der Waals surface area contributed by atoms with Crippen LogP contribution in [0.1, 0.15) is 26.5 Å². The lowest BCUT2D eigenvalue weighted by molar-refractivity contribution is 0.0600. The summed E-state index contributed by atoms with van der Waals surface area (Å²) in [7, 11) is 3.02. The van der Waals surface area contributed by atoms with Crippen molar-refractivity contribution in [1.29, 1.82) is 0 Å². The van der Waals surface area contributed by atoms with E-state index in [9.17, 15) is 9.59 Å². The van der Waals surface area contributed by atoms with Gasteiger partial charge in [0, 0.05) is 24.1 Å². The summed E-state index contributed by atoms with van der Waals surface area (Å²) in [6.45, 7) is 1.79. The molecule has 0 saturated heterocycles.